The number of rotatable bonds is 4. The molecule has 100 valence electrons. The van der Waals surface area contributed by atoms with E-state index in [1.807, 2.05) is 0 Å². The van der Waals surface area contributed by atoms with E-state index in [0.717, 1.165) is 31.7 Å². The maximum absolute atomic E-state index is 13.4. The summed E-state index contributed by atoms with van der Waals surface area (Å²) in [5.74, 6) is 0.494. The number of hydrogen-bond acceptors (Lipinski definition) is 2. The number of nitrogens with one attached hydrogen (secondary N) is 1. The average molecular weight is 250 g/mol. The maximum Gasteiger partial charge on any atom is 0.109 e. The van der Waals surface area contributed by atoms with E-state index in [1.165, 1.54) is 5.56 Å². The van der Waals surface area contributed by atoms with Crippen LogP contribution in [0.2, 0.25) is 0 Å². The van der Waals surface area contributed by atoms with Crippen LogP contribution in [0.15, 0.2) is 24.3 Å². The number of halogens is 1. The van der Waals surface area contributed by atoms with E-state index in [9.17, 15) is 4.39 Å². The molecule has 18 heavy (non-hydrogen) atoms. The minimum atomic E-state index is -0.304. The van der Waals surface area contributed by atoms with Crippen molar-refractivity contribution in [3.8, 4) is 0 Å². The maximum atomic E-state index is 13.4. The predicted molar refractivity (Wildman–Crippen MR) is 73.7 cm³/mol. The molecular weight excluding hydrogens is 227 g/mol. The fourth-order valence-corrected chi connectivity index (χ4v) is 2.52. The summed E-state index contributed by atoms with van der Waals surface area (Å²) >= 11 is 0. The molecule has 0 unspecified atom stereocenters. The second-order valence-electron chi connectivity index (χ2n) is 5.28. The highest BCUT2D eigenvalue weighted by Gasteiger charge is 2.22. The molecule has 1 atom stereocenters. The Morgan fingerprint density at radius 3 is 2.50 bits per heavy atom. The van der Waals surface area contributed by atoms with Crippen molar-refractivity contribution in [3.05, 3.63) is 35.4 Å². The zero-order valence-corrected chi connectivity index (χ0v) is 11.3. The van der Waals surface area contributed by atoms with Crippen LogP contribution in [0.4, 0.5) is 4.39 Å². The lowest BCUT2D eigenvalue weighted by molar-refractivity contribution is 0.147. The van der Waals surface area contributed by atoms with Gasteiger partial charge in [0.1, 0.15) is 6.67 Å². The van der Waals surface area contributed by atoms with Crippen LogP contribution >= 0.6 is 0 Å². The standard InChI is InChI=1S/C15H23FN2/c1-12(2)13-4-3-5-14(10-13)15(11-16)18-8-6-17-7-9-18/h3-5,10,12,15,17H,6-9,11H2,1-2H3/t15-/m0/s1. The van der Waals surface area contributed by atoms with Gasteiger partial charge in [-0.05, 0) is 17.0 Å². The first-order chi connectivity index (χ1) is 8.72. The van der Waals surface area contributed by atoms with Gasteiger partial charge < -0.3 is 5.32 Å². The monoisotopic (exact) mass is 250 g/mol. The molecule has 1 fully saturated rings. The molecule has 3 heteroatoms. The Balaban J connectivity index is 2.18. The Hall–Kier alpha value is -0.930. The molecule has 1 aromatic rings. The van der Waals surface area contributed by atoms with E-state index < -0.39 is 0 Å². The quantitative estimate of drug-likeness (QED) is 0.884. The molecule has 0 saturated carbocycles. The van der Waals surface area contributed by atoms with Crippen LogP contribution in [0.3, 0.4) is 0 Å². The summed E-state index contributed by atoms with van der Waals surface area (Å²) in [6, 6.07) is 8.32. The average Bonchev–Trinajstić information content (AvgIpc) is 2.41. The molecule has 0 amide bonds. The number of nitrogens with zero attached hydrogens (tertiary/aromatic N) is 1. The van der Waals surface area contributed by atoms with E-state index in [4.69, 9.17) is 0 Å². The van der Waals surface area contributed by atoms with Crippen molar-refractivity contribution in [3.63, 3.8) is 0 Å². The van der Waals surface area contributed by atoms with Gasteiger partial charge in [0.2, 0.25) is 0 Å². The van der Waals surface area contributed by atoms with Gasteiger partial charge in [0.15, 0.2) is 0 Å². The third-order valence-electron chi connectivity index (χ3n) is 3.70. The summed E-state index contributed by atoms with van der Waals surface area (Å²) in [6.45, 7) is 7.83. The fraction of sp³-hybridized carbons (Fsp3) is 0.600. The molecule has 0 aliphatic carbocycles. The Morgan fingerprint density at radius 1 is 1.22 bits per heavy atom. The number of alkyl halides is 1. The zero-order valence-electron chi connectivity index (χ0n) is 11.3. The van der Waals surface area contributed by atoms with Crippen LogP contribution in [-0.4, -0.2) is 37.8 Å². The number of benzene rings is 1. The number of piperazine rings is 1. The molecule has 1 heterocycles. The SMILES string of the molecule is CC(C)c1cccc([C@H](CF)N2CCNCC2)c1. The first-order valence-corrected chi connectivity index (χ1v) is 6.83. The molecule has 1 aliphatic heterocycles. The molecule has 0 radical (unpaired) electrons. The fourth-order valence-electron chi connectivity index (χ4n) is 2.52. The summed E-state index contributed by atoms with van der Waals surface area (Å²) in [6.07, 6.45) is 0. The third kappa shape index (κ3) is 3.09. The largest absolute Gasteiger partial charge is 0.314 e. The highest BCUT2D eigenvalue weighted by atomic mass is 19.1. The van der Waals surface area contributed by atoms with Gasteiger partial charge in [-0.3, -0.25) is 4.90 Å². The summed E-state index contributed by atoms with van der Waals surface area (Å²) < 4.78 is 13.4. The molecule has 0 bridgehead atoms. The second kappa shape index (κ2) is 6.30. The Morgan fingerprint density at radius 2 is 1.89 bits per heavy atom. The molecule has 0 spiro atoms. The smallest absolute Gasteiger partial charge is 0.109 e. The summed E-state index contributed by atoms with van der Waals surface area (Å²) in [5.41, 5.74) is 2.41. The van der Waals surface area contributed by atoms with Crippen molar-refractivity contribution in [2.75, 3.05) is 32.9 Å². The lowest BCUT2D eigenvalue weighted by Crippen LogP contribution is -2.45. The van der Waals surface area contributed by atoms with Gasteiger partial charge in [-0.1, -0.05) is 38.1 Å². The van der Waals surface area contributed by atoms with Crippen LogP contribution in [0.1, 0.15) is 36.9 Å². The first kappa shape index (κ1) is 13.5. The molecule has 1 saturated heterocycles. The molecule has 1 aliphatic rings. The lowest BCUT2D eigenvalue weighted by Gasteiger charge is -2.33. The third-order valence-corrected chi connectivity index (χ3v) is 3.70. The lowest BCUT2D eigenvalue weighted by atomic mass is 9.97. The molecule has 1 N–H and O–H groups in total. The van der Waals surface area contributed by atoms with Crippen LogP contribution in [0.5, 0.6) is 0 Å². The predicted octanol–water partition coefficient (Wildman–Crippen LogP) is 2.73. The molecule has 0 aromatic heterocycles. The Labute approximate surface area is 109 Å². The van der Waals surface area contributed by atoms with Crippen LogP contribution in [-0.2, 0) is 0 Å². The topological polar surface area (TPSA) is 15.3 Å². The van der Waals surface area contributed by atoms with Crippen LogP contribution in [0.25, 0.3) is 0 Å². The second-order valence-corrected chi connectivity index (χ2v) is 5.28. The van der Waals surface area contributed by atoms with Gasteiger partial charge in [-0.2, -0.15) is 0 Å². The van der Waals surface area contributed by atoms with Gasteiger partial charge in [0, 0.05) is 26.2 Å². The summed E-state index contributed by atoms with van der Waals surface area (Å²) in [7, 11) is 0. The van der Waals surface area contributed by atoms with Crippen LogP contribution < -0.4 is 5.32 Å². The normalized spacial score (nSPS) is 19.1. The van der Waals surface area contributed by atoms with Crippen molar-refractivity contribution >= 4 is 0 Å². The minimum absolute atomic E-state index is 0.0780. The molecule has 2 rings (SSSR count). The van der Waals surface area contributed by atoms with Gasteiger partial charge in [0.25, 0.3) is 0 Å². The van der Waals surface area contributed by atoms with Gasteiger partial charge >= 0.3 is 0 Å². The van der Waals surface area contributed by atoms with E-state index in [-0.39, 0.29) is 12.7 Å². The van der Waals surface area contributed by atoms with Crippen molar-refractivity contribution in [1.82, 2.24) is 10.2 Å². The van der Waals surface area contributed by atoms with E-state index >= 15 is 0 Å². The number of hydrogen-bond donors (Lipinski definition) is 1. The Kier molecular flexibility index (Phi) is 4.72. The highest BCUT2D eigenvalue weighted by molar-refractivity contribution is 5.28. The molecule has 1 aromatic carbocycles. The van der Waals surface area contributed by atoms with E-state index in [2.05, 4.69) is 48.3 Å². The van der Waals surface area contributed by atoms with Crippen molar-refractivity contribution in [2.24, 2.45) is 0 Å². The minimum Gasteiger partial charge on any atom is -0.314 e. The summed E-state index contributed by atoms with van der Waals surface area (Å²) in [4.78, 5) is 2.25. The van der Waals surface area contributed by atoms with Crippen molar-refractivity contribution < 1.29 is 4.39 Å². The van der Waals surface area contributed by atoms with Crippen molar-refractivity contribution in [1.29, 1.82) is 0 Å². The molecule has 2 nitrogen and oxygen atoms in total. The van der Waals surface area contributed by atoms with Gasteiger partial charge in [-0.15, -0.1) is 0 Å². The summed E-state index contributed by atoms with van der Waals surface area (Å²) in [5, 5.41) is 3.31. The van der Waals surface area contributed by atoms with E-state index in [0.29, 0.717) is 5.92 Å². The Bertz CT molecular complexity index is 373. The highest BCUT2D eigenvalue weighted by Crippen LogP contribution is 2.25. The van der Waals surface area contributed by atoms with E-state index in [1.54, 1.807) is 0 Å². The molecular formula is C15H23FN2. The first-order valence-electron chi connectivity index (χ1n) is 6.83. The van der Waals surface area contributed by atoms with Gasteiger partial charge in [0.05, 0.1) is 6.04 Å². The van der Waals surface area contributed by atoms with Crippen LogP contribution in [0, 0.1) is 0 Å². The zero-order chi connectivity index (χ0) is 13.0. The van der Waals surface area contributed by atoms with Gasteiger partial charge in [-0.25, -0.2) is 4.39 Å². The van der Waals surface area contributed by atoms with Crippen molar-refractivity contribution in [2.45, 2.75) is 25.8 Å².